The van der Waals surface area contributed by atoms with Crippen molar-refractivity contribution >= 4 is 5.91 Å². The summed E-state index contributed by atoms with van der Waals surface area (Å²) in [4.78, 5) is 11.3. The third-order valence-electron chi connectivity index (χ3n) is 3.38. The first kappa shape index (κ1) is 14.7. The van der Waals surface area contributed by atoms with E-state index in [0.29, 0.717) is 24.8 Å². The number of primary amides is 1. The number of amides is 1. The Morgan fingerprint density at radius 1 is 1.50 bits per heavy atom. The topological polar surface area (TPSA) is 73.6 Å². The maximum absolute atomic E-state index is 11.3. The fourth-order valence-electron chi connectivity index (χ4n) is 1.97. The summed E-state index contributed by atoms with van der Waals surface area (Å²) < 4.78 is 11.0. The van der Waals surface area contributed by atoms with E-state index in [0.717, 1.165) is 11.3 Å². The van der Waals surface area contributed by atoms with Crippen LogP contribution in [0, 0.1) is 0 Å². The summed E-state index contributed by atoms with van der Waals surface area (Å²) in [6.07, 6.45) is 2.40. The van der Waals surface area contributed by atoms with Gasteiger partial charge in [-0.2, -0.15) is 0 Å². The van der Waals surface area contributed by atoms with Gasteiger partial charge in [0.1, 0.15) is 11.5 Å². The maximum Gasteiger partial charge on any atom is 0.258 e. The highest BCUT2D eigenvalue weighted by Gasteiger charge is 2.22. The van der Waals surface area contributed by atoms with Crippen LogP contribution >= 0.6 is 0 Å². The number of rotatable bonds is 8. The molecule has 0 radical (unpaired) electrons. The highest BCUT2D eigenvalue weighted by atomic mass is 16.5. The molecule has 1 aromatic rings. The average molecular weight is 278 g/mol. The summed E-state index contributed by atoms with van der Waals surface area (Å²) in [5, 5.41) is 3.43. The monoisotopic (exact) mass is 278 g/mol. The third-order valence-corrected chi connectivity index (χ3v) is 3.38. The molecule has 5 heteroatoms. The first-order valence-electron chi connectivity index (χ1n) is 7.00. The molecular formula is C15H22N2O3. The molecule has 5 nitrogen and oxygen atoms in total. The van der Waals surface area contributed by atoms with Crippen molar-refractivity contribution in [3.05, 3.63) is 23.8 Å². The van der Waals surface area contributed by atoms with Crippen LogP contribution < -0.4 is 20.5 Å². The number of ether oxygens (including phenoxy) is 2. The van der Waals surface area contributed by atoms with Crippen LogP contribution in [0.1, 0.15) is 31.7 Å². The van der Waals surface area contributed by atoms with Crippen LogP contribution in [0.5, 0.6) is 11.5 Å². The van der Waals surface area contributed by atoms with E-state index in [1.54, 1.807) is 7.11 Å². The lowest BCUT2D eigenvalue weighted by Gasteiger charge is -2.18. The van der Waals surface area contributed by atoms with Crippen molar-refractivity contribution < 1.29 is 14.3 Å². The van der Waals surface area contributed by atoms with Crippen LogP contribution in [0.4, 0.5) is 0 Å². The molecule has 0 spiro atoms. The molecule has 1 aromatic carbocycles. The van der Waals surface area contributed by atoms with Crippen molar-refractivity contribution in [1.29, 1.82) is 0 Å². The molecule has 0 saturated heterocycles. The average Bonchev–Trinajstić information content (AvgIpc) is 3.26. The van der Waals surface area contributed by atoms with Crippen molar-refractivity contribution in [2.45, 2.75) is 44.9 Å². The summed E-state index contributed by atoms with van der Waals surface area (Å²) in [7, 11) is 1.63. The molecule has 1 aliphatic rings. The van der Waals surface area contributed by atoms with E-state index in [1.165, 1.54) is 12.8 Å². The van der Waals surface area contributed by atoms with Crippen molar-refractivity contribution in [2.24, 2.45) is 5.73 Å². The molecule has 1 amide bonds. The second kappa shape index (κ2) is 6.61. The second-order valence-electron chi connectivity index (χ2n) is 5.05. The van der Waals surface area contributed by atoms with Crippen molar-refractivity contribution in [3.8, 4) is 11.5 Å². The van der Waals surface area contributed by atoms with E-state index in [-0.39, 0.29) is 0 Å². The zero-order chi connectivity index (χ0) is 14.5. The standard InChI is InChI=1S/C15H22N2O3/c1-3-13(15(16)18)20-14-7-6-12(19-2)8-10(14)9-17-11-4-5-11/h6-8,11,13,17H,3-5,9H2,1-2H3,(H2,16,18). The molecule has 1 fully saturated rings. The van der Waals surface area contributed by atoms with Crippen LogP contribution in [0.25, 0.3) is 0 Å². The van der Waals surface area contributed by atoms with Crippen LogP contribution in [0.3, 0.4) is 0 Å². The van der Waals surface area contributed by atoms with Gasteiger partial charge in [-0.15, -0.1) is 0 Å². The third kappa shape index (κ3) is 3.87. The predicted molar refractivity (Wildman–Crippen MR) is 76.8 cm³/mol. The van der Waals surface area contributed by atoms with Crippen LogP contribution in [0.15, 0.2) is 18.2 Å². The number of hydrogen-bond donors (Lipinski definition) is 2. The number of benzene rings is 1. The molecule has 1 atom stereocenters. The summed E-state index contributed by atoms with van der Waals surface area (Å²) in [6, 6.07) is 6.18. The zero-order valence-corrected chi connectivity index (χ0v) is 12.0. The van der Waals surface area contributed by atoms with Gasteiger partial charge in [0.15, 0.2) is 6.10 Å². The normalized spacial score (nSPS) is 15.7. The Balaban J connectivity index is 2.13. The number of carbonyl (C=O) groups excluding carboxylic acids is 1. The minimum absolute atomic E-state index is 0.440. The van der Waals surface area contributed by atoms with E-state index in [2.05, 4.69) is 5.32 Å². The minimum Gasteiger partial charge on any atom is -0.497 e. The summed E-state index contributed by atoms with van der Waals surface area (Å²) in [5.41, 5.74) is 6.31. The molecule has 0 heterocycles. The van der Waals surface area contributed by atoms with E-state index >= 15 is 0 Å². The Morgan fingerprint density at radius 3 is 2.80 bits per heavy atom. The van der Waals surface area contributed by atoms with Gasteiger partial charge >= 0.3 is 0 Å². The van der Waals surface area contributed by atoms with Gasteiger partial charge in [-0.3, -0.25) is 4.79 Å². The lowest BCUT2D eigenvalue weighted by molar-refractivity contribution is -0.124. The van der Waals surface area contributed by atoms with E-state index < -0.39 is 12.0 Å². The highest BCUT2D eigenvalue weighted by molar-refractivity contribution is 5.79. The van der Waals surface area contributed by atoms with Gasteiger partial charge in [0, 0.05) is 18.2 Å². The van der Waals surface area contributed by atoms with Crippen molar-refractivity contribution in [1.82, 2.24) is 5.32 Å². The van der Waals surface area contributed by atoms with E-state index in [4.69, 9.17) is 15.2 Å². The van der Waals surface area contributed by atoms with Gasteiger partial charge in [-0.05, 0) is 37.5 Å². The second-order valence-corrected chi connectivity index (χ2v) is 5.05. The summed E-state index contributed by atoms with van der Waals surface area (Å²) in [5.74, 6) is 1.02. The Labute approximate surface area is 119 Å². The van der Waals surface area contributed by atoms with Crippen LogP contribution in [-0.2, 0) is 11.3 Å². The van der Waals surface area contributed by atoms with Gasteiger partial charge in [-0.1, -0.05) is 6.92 Å². The molecule has 1 aliphatic carbocycles. The van der Waals surface area contributed by atoms with Crippen LogP contribution in [-0.4, -0.2) is 25.2 Å². The summed E-state index contributed by atoms with van der Waals surface area (Å²) >= 11 is 0. The first-order chi connectivity index (χ1) is 9.63. The molecule has 0 aliphatic heterocycles. The molecule has 1 unspecified atom stereocenters. The first-order valence-corrected chi connectivity index (χ1v) is 7.00. The Kier molecular flexibility index (Phi) is 4.84. The molecule has 0 aromatic heterocycles. The molecule has 0 bridgehead atoms. The van der Waals surface area contributed by atoms with Crippen LogP contribution in [0.2, 0.25) is 0 Å². The SMILES string of the molecule is CCC(Oc1ccc(OC)cc1CNC1CC1)C(N)=O. The lowest BCUT2D eigenvalue weighted by Crippen LogP contribution is -2.33. The smallest absolute Gasteiger partial charge is 0.258 e. The van der Waals surface area contributed by atoms with Gasteiger partial charge in [0.05, 0.1) is 7.11 Å². The summed E-state index contributed by atoms with van der Waals surface area (Å²) in [6.45, 7) is 2.58. The Hall–Kier alpha value is -1.75. The van der Waals surface area contributed by atoms with Gasteiger partial charge in [0.2, 0.25) is 0 Å². The molecule has 2 rings (SSSR count). The fraction of sp³-hybridized carbons (Fsp3) is 0.533. The number of hydrogen-bond acceptors (Lipinski definition) is 4. The predicted octanol–water partition coefficient (Wildman–Crippen LogP) is 1.59. The largest absolute Gasteiger partial charge is 0.497 e. The molecule has 3 N–H and O–H groups in total. The molecule has 1 saturated carbocycles. The minimum atomic E-state index is -0.594. The number of nitrogens with two attached hydrogens (primary N) is 1. The number of carbonyl (C=O) groups is 1. The molecule has 110 valence electrons. The molecule has 20 heavy (non-hydrogen) atoms. The Bertz CT molecular complexity index is 472. The maximum atomic E-state index is 11.3. The van der Waals surface area contributed by atoms with Gasteiger partial charge in [-0.25, -0.2) is 0 Å². The fourth-order valence-corrected chi connectivity index (χ4v) is 1.97. The van der Waals surface area contributed by atoms with E-state index in [9.17, 15) is 4.79 Å². The van der Waals surface area contributed by atoms with Gasteiger partial charge < -0.3 is 20.5 Å². The quantitative estimate of drug-likeness (QED) is 0.757. The zero-order valence-electron chi connectivity index (χ0n) is 12.0. The highest BCUT2D eigenvalue weighted by Crippen LogP contribution is 2.27. The van der Waals surface area contributed by atoms with Crippen molar-refractivity contribution in [2.75, 3.05) is 7.11 Å². The number of nitrogens with one attached hydrogen (secondary N) is 1. The number of methoxy groups -OCH3 is 1. The van der Waals surface area contributed by atoms with E-state index in [1.807, 2.05) is 25.1 Å². The Morgan fingerprint density at radius 2 is 2.25 bits per heavy atom. The molecular weight excluding hydrogens is 256 g/mol. The lowest BCUT2D eigenvalue weighted by atomic mass is 10.1. The van der Waals surface area contributed by atoms with Crippen molar-refractivity contribution in [3.63, 3.8) is 0 Å². The van der Waals surface area contributed by atoms with Gasteiger partial charge in [0.25, 0.3) is 5.91 Å².